The van der Waals surface area contributed by atoms with Gasteiger partial charge in [-0.05, 0) is 32.0 Å². The maximum Gasteiger partial charge on any atom is 0.240 e. The number of benzene rings is 1. The Morgan fingerprint density at radius 2 is 2.32 bits per heavy atom. The van der Waals surface area contributed by atoms with Gasteiger partial charge in [-0.25, -0.2) is 0 Å². The summed E-state index contributed by atoms with van der Waals surface area (Å²) in [6, 6.07) is 8.83. The lowest BCUT2D eigenvalue weighted by Crippen LogP contribution is -2.24. The van der Waals surface area contributed by atoms with E-state index in [0.29, 0.717) is 6.04 Å². The third-order valence-corrected chi connectivity index (χ3v) is 4.69. The largest absolute Gasteiger partial charge is 0.338 e. The quantitative estimate of drug-likeness (QED) is 0.929. The fraction of sp³-hybridized carbons (Fsp3) is 0.429. The normalized spacial score (nSPS) is 19.4. The van der Waals surface area contributed by atoms with Crippen molar-refractivity contribution >= 4 is 11.8 Å². The first-order valence-electron chi connectivity index (χ1n) is 6.50. The molecule has 0 spiro atoms. The fourth-order valence-corrected chi connectivity index (χ4v) is 3.40. The van der Waals surface area contributed by atoms with Gasteiger partial charge < -0.3 is 9.84 Å². The van der Waals surface area contributed by atoms with Gasteiger partial charge in [0.1, 0.15) is 0 Å². The summed E-state index contributed by atoms with van der Waals surface area (Å²) in [7, 11) is 1.94. The molecule has 3 rings (SSSR count). The minimum atomic E-state index is 0.267. The molecule has 4 nitrogen and oxygen atoms in total. The molecule has 2 unspecified atom stereocenters. The smallest absolute Gasteiger partial charge is 0.240 e. The predicted molar refractivity (Wildman–Crippen MR) is 75.3 cm³/mol. The summed E-state index contributed by atoms with van der Waals surface area (Å²) in [5.41, 5.74) is 1.38. The zero-order valence-electron chi connectivity index (χ0n) is 11.1. The van der Waals surface area contributed by atoms with E-state index in [1.54, 1.807) is 0 Å². The number of fused-ring (bicyclic) bond motifs is 1. The highest BCUT2D eigenvalue weighted by Gasteiger charge is 2.28. The monoisotopic (exact) mass is 275 g/mol. The minimum absolute atomic E-state index is 0.267. The number of hydrogen-bond acceptors (Lipinski definition) is 5. The van der Waals surface area contributed by atoms with Crippen LogP contribution in [0.1, 0.15) is 29.5 Å². The van der Waals surface area contributed by atoms with Crippen molar-refractivity contribution in [3.63, 3.8) is 0 Å². The lowest BCUT2D eigenvalue weighted by Gasteiger charge is -2.05. The second-order valence-electron chi connectivity index (χ2n) is 4.86. The molecule has 2 heterocycles. The van der Waals surface area contributed by atoms with Crippen LogP contribution in [0.25, 0.3) is 0 Å². The van der Waals surface area contributed by atoms with Gasteiger partial charge in [-0.15, -0.1) is 11.8 Å². The molecule has 2 aromatic rings. The van der Waals surface area contributed by atoms with Crippen LogP contribution in [0.4, 0.5) is 0 Å². The maximum absolute atomic E-state index is 5.42. The van der Waals surface area contributed by atoms with Crippen LogP contribution in [-0.4, -0.2) is 23.2 Å². The van der Waals surface area contributed by atoms with Crippen molar-refractivity contribution in [3.05, 3.63) is 41.5 Å². The molecule has 0 saturated carbocycles. The fourth-order valence-electron chi connectivity index (χ4n) is 2.18. The molecule has 1 N–H and O–H groups in total. The zero-order valence-corrected chi connectivity index (χ0v) is 11.9. The van der Waals surface area contributed by atoms with Gasteiger partial charge in [0.2, 0.25) is 5.89 Å². The highest BCUT2D eigenvalue weighted by atomic mass is 32.2. The van der Waals surface area contributed by atoms with E-state index in [-0.39, 0.29) is 5.25 Å². The molecular formula is C14H17N3OS. The average molecular weight is 275 g/mol. The summed E-state index contributed by atoms with van der Waals surface area (Å²) >= 11 is 1.82. The Hall–Kier alpha value is -1.33. The Morgan fingerprint density at radius 1 is 1.47 bits per heavy atom. The van der Waals surface area contributed by atoms with Crippen molar-refractivity contribution in [2.45, 2.75) is 36.0 Å². The van der Waals surface area contributed by atoms with E-state index in [9.17, 15) is 0 Å². The standard InChI is InChI=1S/C14H17N3OS/c1-9(15-2)7-13-16-14(18-17-13)12-8-10-5-3-4-6-11(10)19-12/h3-6,9,12,15H,7-8H2,1-2H3. The van der Waals surface area contributed by atoms with Gasteiger partial charge in [0.25, 0.3) is 0 Å². The van der Waals surface area contributed by atoms with Crippen molar-refractivity contribution in [2.75, 3.05) is 7.05 Å². The molecular weight excluding hydrogens is 258 g/mol. The first kappa shape index (κ1) is 12.7. The van der Waals surface area contributed by atoms with Crippen molar-refractivity contribution < 1.29 is 4.52 Å². The van der Waals surface area contributed by atoms with Crippen LogP contribution in [-0.2, 0) is 12.8 Å². The number of likely N-dealkylation sites (N-methyl/N-ethyl adjacent to an activating group) is 1. The number of thioether (sulfide) groups is 1. The molecule has 5 heteroatoms. The summed E-state index contributed by atoms with van der Waals surface area (Å²) < 4.78 is 5.42. The second-order valence-corrected chi connectivity index (χ2v) is 6.11. The van der Waals surface area contributed by atoms with Crippen LogP contribution in [0.3, 0.4) is 0 Å². The lowest BCUT2D eigenvalue weighted by molar-refractivity contribution is 0.370. The highest BCUT2D eigenvalue weighted by molar-refractivity contribution is 7.99. The van der Waals surface area contributed by atoms with Crippen LogP contribution >= 0.6 is 11.8 Å². The third kappa shape index (κ3) is 2.67. The molecule has 0 fully saturated rings. The predicted octanol–water partition coefficient (Wildman–Crippen LogP) is 2.61. The van der Waals surface area contributed by atoms with Gasteiger partial charge in [0, 0.05) is 17.4 Å². The first-order valence-corrected chi connectivity index (χ1v) is 7.38. The number of aromatic nitrogens is 2. The summed E-state index contributed by atoms with van der Waals surface area (Å²) in [6.45, 7) is 2.11. The van der Waals surface area contributed by atoms with E-state index in [2.05, 4.69) is 46.6 Å². The zero-order chi connectivity index (χ0) is 13.2. The van der Waals surface area contributed by atoms with E-state index in [0.717, 1.165) is 24.6 Å². The molecule has 2 atom stereocenters. The number of rotatable bonds is 4. The Balaban J connectivity index is 1.72. The van der Waals surface area contributed by atoms with Gasteiger partial charge in [0.05, 0.1) is 5.25 Å². The Bertz CT molecular complexity index is 544. The van der Waals surface area contributed by atoms with E-state index in [1.807, 2.05) is 18.8 Å². The van der Waals surface area contributed by atoms with Gasteiger partial charge in [-0.3, -0.25) is 0 Å². The number of nitrogens with one attached hydrogen (secondary N) is 1. The Kier molecular flexibility index (Phi) is 3.57. The van der Waals surface area contributed by atoms with E-state index in [4.69, 9.17) is 4.52 Å². The van der Waals surface area contributed by atoms with E-state index >= 15 is 0 Å². The van der Waals surface area contributed by atoms with Crippen molar-refractivity contribution in [1.29, 1.82) is 0 Å². The third-order valence-electron chi connectivity index (χ3n) is 3.39. The van der Waals surface area contributed by atoms with Crippen LogP contribution in [0, 0.1) is 0 Å². The molecule has 1 aromatic heterocycles. The second kappa shape index (κ2) is 5.35. The van der Waals surface area contributed by atoms with Crippen LogP contribution in [0.2, 0.25) is 0 Å². The summed E-state index contributed by atoms with van der Waals surface area (Å²) in [6.07, 6.45) is 1.77. The van der Waals surface area contributed by atoms with Crippen LogP contribution < -0.4 is 5.32 Å². The summed E-state index contributed by atoms with van der Waals surface area (Å²) in [5, 5.41) is 7.52. The molecule has 1 aromatic carbocycles. The topological polar surface area (TPSA) is 51.0 Å². The molecule has 1 aliphatic rings. The van der Waals surface area contributed by atoms with Gasteiger partial charge in [-0.2, -0.15) is 4.98 Å². The Labute approximate surface area is 117 Å². The van der Waals surface area contributed by atoms with Crippen molar-refractivity contribution in [2.24, 2.45) is 0 Å². The SMILES string of the molecule is CNC(C)Cc1noc(C2Cc3ccccc3S2)n1. The van der Waals surface area contributed by atoms with Gasteiger partial charge >= 0.3 is 0 Å². The molecule has 0 saturated heterocycles. The van der Waals surface area contributed by atoms with Crippen LogP contribution in [0.5, 0.6) is 0 Å². The molecule has 0 radical (unpaired) electrons. The van der Waals surface area contributed by atoms with Gasteiger partial charge in [-0.1, -0.05) is 23.4 Å². The van der Waals surface area contributed by atoms with E-state index < -0.39 is 0 Å². The lowest BCUT2D eigenvalue weighted by atomic mass is 10.1. The molecule has 19 heavy (non-hydrogen) atoms. The molecule has 0 bridgehead atoms. The maximum atomic E-state index is 5.42. The molecule has 100 valence electrons. The molecule has 0 aliphatic carbocycles. The highest BCUT2D eigenvalue weighted by Crippen LogP contribution is 2.45. The number of hydrogen-bond donors (Lipinski definition) is 1. The Morgan fingerprint density at radius 3 is 3.11 bits per heavy atom. The average Bonchev–Trinajstić information content (AvgIpc) is 3.04. The van der Waals surface area contributed by atoms with Gasteiger partial charge in [0.15, 0.2) is 5.82 Å². The van der Waals surface area contributed by atoms with Crippen molar-refractivity contribution in [3.8, 4) is 0 Å². The van der Waals surface area contributed by atoms with Crippen LogP contribution in [0.15, 0.2) is 33.7 Å². The summed E-state index contributed by atoms with van der Waals surface area (Å²) in [4.78, 5) is 5.85. The van der Waals surface area contributed by atoms with E-state index in [1.165, 1.54) is 10.5 Å². The summed E-state index contributed by atoms with van der Waals surface area (Å²) in [5.74, 6) is 1.54. The molecule has 1 aliphatic heterocycles. The van der Waals surface area contributed by atoms with Crippen molar-refractivity contribution in [1.82, 2.24) is 15.5 Å². The molecule has 0 amide bonds. The first-order chi connectivity index (χ1) is 9.26. The number of nitrogens with zero attached hydrogens (tertiary/aromatic N) is 2. The minimum Gasteiger partial charge on any atom is -0.338 e.